The molecular weight excluding hydrogens is 280 g/mol. The van der Waals surface area contributed by atoms with Crippen LogP contribution in [0.2, 0.25) is 0 Å². The number of pyridine rings is 1. The van der Waals surface area contributed by atoms with E-state index in [9.17, 15) is 8.42 Å². The normalized spacial score (nSPS) is 11.4. The molecule has 0 aliphatic rings. The fourth-order valence-electron chi connectivity index (χ4n) is 1.08. The van der Waals surface area contributed by atoms with Gasteiger partial charge < -0.3 is 0 Å². The first-order valence-corrected chi connectivity index (χ1v) is 7.03. The summed E-state index contributed by atoms with van der Waals surface area (Å²) in [5, 5.41) is 0. The molecule has 84 valence electrons. The number of sulfonamides is 1. The second kappa shape index (κ2) is 4.94. The first-order valence-electron chi connectivity index (χ1n) is 4.58. The molecule has 0 amide bonds. The molecular formula is C9H13BrN2O2S. The smallest absolute Gasteiger partial charge is 0.233 e. The number of hydrogen-bond acceptors (Lipinski definition) is 3. The largest absolute Gasteiger partial charge is 0.267 e. The lowest BCUT2D eigenvalue weighted by Crippen LogP contribution is -2.17. The van der Waals surface area contributed by atoms with Crippen molar-refractivity contribution < 1.29 is 8.42 Å². The number of halogens is 1. The van der Waals surface area contributed by atoms with E-state index in [1.807, 2.05) is 13.8 Å². The lowest BCUT2D eigenvalue weighted by Gasteiger charge is -2.07. The Balaban J connectivity index is 2.86. The van der Waals surface area contributed by atoms with Crippen LogP contribution in [-0.2, 0) is 10.0 Å². The van der Waals surface area contributed by atoms with Crippen LogP contribution in [0.15, 0.2) is 16.6 Å². The minimum Gasteiger partial charge on any atom is -0.267 e. The molecule has 1 N–H and O–H groups in total. The highest BCUT2D eigenvalue weighted by Gasteiger charge is 2.09. The molecule has 0 unspecified atom stereocenters. The molecule has 6 heteroatoms. The summed E-state index contributed by atoms with van der Waals surface area (Å²) in [6, 6.07) is 3.40. The van der Waals surface area contributed by atoms with Crippen molar-refractivity contribution in [1.82, 2.24) is 4.98 Å². The van der Waals surface area contributed by atoms with Crippen LogP contribution < -0.4 is 4.72 Å². The molecule has 4 nitrogen and oxygen atoms in total. The number of rotatable bonds is 4. The van der Waals surface area contributed by atoms with Crippen LogP contribution in [0.4, 0.5) is 5.82 Å². The summed E-state index contributed by atoms with van der Waals surface area (Å²) in [7, 11) is -3.24. The van der Waals surface area contributed by atoms with Gasteiger partial charge in [0.2, 0.25) is 10.0 Å². The Morgan fingerprint density at radius 3 is 2.67 bits per heavy atom. The van der Waals surface area contributed by atoms with Gasteiger partial charge in [-0.2, -0.15) is 0 Å². The van der Waals surface area contributed by atoms with E-state index in [2.05, 4.69) is 25.6 Å². The molecule has 0 atom stereocenters. The summed E-state index contributed by atoms with van der Waals surface area (Å²) in [5.74, 6) is 0.480. The lowest BCUT2D eigenvalue weighted by atomic mass is 10.4. The topological polar surface area (TPSA) is 59.1 Å². The molecule has 1 aromatic heterocycles. The first-order chi connectivity index (χ1) is 6.94. The standard InChI is InChI=1S/C9H13BrN2O2S/c1-3-6-15(13,14)12-9-5-4-8(10)7(2)11-9/h4-5H,3,6H2,1-2H3,(H,11,12). The molecule has 1 heterocycles. The molecule has 0 bridgehead atoms. The van der Waals surface area contributed by atoms with Crippen molar-refractivity contribution in [1.29, 1.82) is 0 Å². The van der Waals surface area contributed by atoms with E-state index in [0.29, 0.717) is 12.2 Å². The summed E-state index contributed by atoms with van der Waals surface area (Å²) >= 11 is 3.30. The number of aromatic nitrogens is 1. The zero-order valence-electron chi connectivity index (χ0n) is 8.62. The van der Waals surface area contributed by atoms with Crippen LogP contribution in [0.5, 0.6) is 0 Å². The molecule has 15 heavy (non-hydrogen) atoms. The maximum Gasteiger partial charge on any atom is 0.233 e. The molecule has 1 aromatic rings. The lowest BCUT2D eigenvalue weighted by molar-refractivity contribution is 0.599. The molecule has 0 spiro atoms. The number of nitrogens with zero attached hydrogens (tertiary/aromatic N) is 1. The Kier molecular flexibility index (Phi) is 4.10. The average Bonchev–Trinajstić information content (AvgIpc) is 2.10. The number of anilines is 1. The highest BCUT2D eigenvalue weighted by atomic mass is 79.9. The number of hydrogen-bond donors (Lipinski definition) is 1. The molecule has 0 saturated heterocycles. The predicted octanol–water partition coefficient (Wildman–Crippen LogP) is 2.30. The first kappa shape index (κ1) is 12.4. The highest BCUT2D eigenvalue weighted by molar-refractivity contribution is 9.10. The van der Waals surface area contributed by atoms with E-state index in [0.717, 1.165) is 10.2 Å². The van der Waals surface area contributed by atoms with Gasteiger partial charge in [-0.1, -0.05) is 6.92 Å². The van der Waals surface area contributed by atoms with E-state index in [1.165, 1.54) is 0 Å². The van der Waals surface area contributed by atoms with E-state index in [4.69, 9.17) is 0 Å². The van der Waals surface area contributed by atoms with Gasteiger partial charge in [0.25, 0.3) is 0 Å². The molecule has 0 fully saturated rings. The van der Waals surface area contributed by atoms with Crippen molar-refractivity contribution in [2.75, 3.05) is 10.5 Å². The van der Waals surface area contributed by atoms with Crippen molar-refractivity contribution in [3.63, 3.8) is 0 Å². The van der Waals surface area contributed by atoms with Crippen LogP contribution in [0, 0.1) is 6.92 Å². The highest BCUT2D eigenvalue weighted by Crippen LogP contribution is 2.16. The Morgan fingerprint density at radius 1 is 1.47 bits per heavy atom. The SMILES string of the molecule is CCCS(=O)(=O)Nc1ccc(Br)c(C)n1. The molecule has 0 aliphatic carbocycles. The van der Waals surface area contributed by atoms with Crippen LogP contribution in [-0.4, -0.2) is 19.2 Å². The molecule has 1 rings (SSSR count). The summed E-state index contributed by atoms with van der Waals surface area (Å²) in [4.78, 5) is 4.10. The zero-order chi connectivity index (χ0) is 11.5. The van der Waals surface area contributed by atoms with Crippen LogP contribution in [0.25, 0.3) is 0 Å². The summed E-state index contributed by atoms with van der Waals surface area (Å²) < 4.78 is 26.2. The Labute approximate surface area is 98.3 Å². The van der Waals surface area contributed by atoms with Gasteiger partial charge in [0.1, 0.15) is 5.82 Å². The minimum atomic E-state index is -3.24. The van der Waals surface area contributed by atoms with Gasteiger partial charge in [-0.3, -0.25) is 4.72 Å². The van der Waals surface area contributed by atoms with Gasteiger partial charge in [0.15, 0.2) is 0 Å². The Bertz CT molecular complexity index is 445. The minimum absolute atomic E-state index is 0.115. The number of nitrogens with one attached hydrogen (secondary N) is 1. The predicted molar refractivity (Wildman–Crippen MR) is 64.4 cm³/mol. The maximum atomic E-state index is 11.4. The summed E-state index contributed by atoms with van der Waals surface area (Å²) in [6.07, 6.45) is 0.588. The molecule has 0 aliphatic heterocycles. The van der Waals surface area contributed by atoms with Crippen LogP contribution in [0.1, 0.15) is 19.0 Å². The Hall–Kier alpha value is -0.620. The second-order valence-electron chi connectivity index (χ2n) is 3.18. The van der Waals surface area contributed by atoms with E-state index < -0.39 is 10.0 Å². The zero-order valence-corrected chi connectivity index (χ0v) is 11.0. The quantitative estimate of drug-likeness (QED) is 0.926. The van der Waals surface area contributed by atoms with E-state index in [-0.39, 0.29) is 5.75 Å². The third-order valence-corrected chi connectivity index (χ3v) is 4.06. The fourth-order valence-corrected chi connectivity index (χ4v) is 2.37. The van der Waals surface area contributed by atoms with Crippen molar-refractivity contribution >= 4 is 31.8 Å². The fraction of sp³-hybridized carbons (Fsp3) is 0.444. The molecule has 0 aromatic carbocycles. The summed E-state index contributed by atoms with van der Waals surface area (Å²) in [6.45, 7) is 3.63. The average molecular weight is 293 g/mol. The van der Waals surface area contributed by atoms with Crippen molar-refractivity contribution in [2.45, 2.75) is 20.3 Å². The number of aryl methyl sites for hydroxylation is 1. The van der Waals surface area contributed by atoms with Gasteiger partial charge >= 0.3 is 0 Å². The third-order valence-electron chi connectivity index (χ3n) is 1.75. The van der Waals surface area contributed by atoms with Gasteiger partial charge in [-0.25, -0.2) is 13.4 Å². The van der Waals surface area contributed by atoms with Crippen molar-refractivity contribution in [3.8, 4) is 0 Å². The van der Waals surface area contributed by atoms with Crippen LogP contribution >= 0.6 is 15.9 Å². The van der Waals surface area contributed by atoms with Crippen molar-refractivity contribution in [3.05, 3.63) is 22.3 Å². The van der Waals surface area contributed by atoms with E-state index >= 15 is 0 Å². The monoisotopic (exact) mass is 292 g/mol. The van der Waals surface area contributed by atoms with Crippen LogP contribution in [0.3, 0.4) is 0 Å². The van der Waals surface area contributed by atoms with Gasteiger partial charge in [0.05, 0.1) is 11.4 Å². The third kappa shape index (κ3) is 3.79. The second-order valence-corrected chi connectivity index (χ2v) is 5.88. The molecule has 0 radical (unpaired) electrons. The van der Waals surface area contributed by atoms with Gasteiger partial charge in [-0.05, 0) is 41.4 Å². The van der Waals surface area contributed by atoms with E-state index in [1.54, 1.807) is 12.1 Å². The Morgan fingerprint density at radius 2 is 2.13 bits per heavy atom. The maximum absolute atomic E-state index is 11.4. The van der Waals surface area contributed by atoms with Gasteiger partial charge in [0, 0.05) is 4.47 Å². The van der Waals surface area contributed by atoms with Gasteiger partial charge in [-0.15, -0.1) is 0 Å². The van der Waals surface area contributed by atoms with Crippen molar-refractivity contribution in [2.24, 2.45) is 0 Å². The molecule has 0 saturated carbocycles. The summed E-state index contributed by atoms with van der Waals surface area (Å²) in [5.41, 5.74) is 0.756.